The van der Waals surface area contributed by atoms with Gasteiger partial charge in [-0.25, -0.2) is 4.79 Å². The molecule has 1 heterocycles. The number of carboxylic acids is 1. The Balaban J connectivity index is 2.56. The zero-order valence-electron chi connectivity index (χ0n) is 7.25. The summed E-state index contributed by atoms with van der Waals surface area (Å²) in [5.74, 6) is -0.826. The van der Waals surface area contributed by atoms with Crippen molar-refractivity contribution in [1.82, 2.24) is 0 Å². The molecule has 1 fully saturated rings. The molecule has 1 saturated heterocycles. The van der Waals surface area contributed by atoms with E-state index in [9.17, 15) is 4.79 Å². The molecule has 1 aliphatic rings. The van der Waals surface area contributed by atoms with Crippen LogP contribution in [0, 0.1) is 0 Å². The molecule has 1 N–H and O–H groups in total. The number of carboxylic acid groups (broad SMARTS) is 1. The Morgan fingerprint density at radius 3 is 2.92 bits per heavy atom. The highest BCUT2D eigenvalue weighted by molar-refractivity contribution is 5.86. The molecule has 3 heteroatoms. The summed E-state index contributed by atoms with van der Waals surface area (Å²) in [7, 11) is 0. The fourth-order valence-electron chi connectivity index (χ4n) is 1.30. The number of hydrogen-bond acceptors (Lipinski definition) is 2. The smallest absolute Gasteiger partial charge is 0.331 e. The molecule has 0 aliphatic carbocycles. The molecule has 0 amide bonds. The first-order valence-electron chi connectivity index (χ1n) is 4.29. The second kappa shape index (κ2) is 4.26. The van der Waals surface area contributed by atoms with Gasteiger partial charge in [0.05, 0.1) is 6.10 Å². The van der Waals surface area contributed by atoms with Gasteiger partial charge < -0.3 is 9.84 Å². The van der Waals surface area contributed by atoms with Crippen molar-refractivity contribution in [3.8, 4) is 0 Å². The van der Waals surface area contributed by atoms with Crippen molar-refractivity contribution in [2.24, 2.45) is 0 Å². The summed E-state index contributed by atoms with van der Waals surface area (Å²) < 4.78 is 5.30. The third kappa shape index (κ3) is 2.34. The van der Waals surface area contributed by atoms with Crippen LogP contribution in [-0.4, -0.2) is 23.8 Å². The van der Waals surface area contributed by atoms with Gasteiger partial charge in [0.2, 0.25) is 0 Å². The third-order valence-corrected chi connectivity index (χ3v) is 2.01. The first-order valence-corrected chi connectivity index (χ1v) is 4.29. The lowest BCUT2D eigenvalue weighted by molar-refractivity contribution is -0.132. The summed E-state index contributed by atoms with van der Waals surface area (Å²) in [5.41, 5.74) is 0.460. The Morgan fingerprint density at radius 1 is 1.75 bits per heavy atom. The van der Waals surface area contributed by atoms with E-state index in [1.165, 1.54) is 0 Å². The molecular weight excluding hydrogens is 156 g/mol. The van der Waals surface area contributed by atoms with E-state index in [1.807, 2.05) is 6.92 Å². The molecule has 0 bridgehead atoms. The molecule has 12 heavy (non-hydrogen) atoms. The quantitative estimate of drug-likeness (QED) is 0.654. The van der Waals surface area contributed by atoms with Gasteiger partial charge in [-0.3, -0.25) is 0 Å². The molecule has 0 aromatic heterocycles. The summed E-state index contributed by atoms with van der Waals surface area (Å²) in [5, 5.41) is 8.71. The minimum absolute atomic E-state index is 0.0380. The van der Waals surface area contributed by atoms with Crippen LogP contribution in [0.1, 0.15) is 26.2 Å². The van der Waals surface area contributed by atoms with Gasteiger partial charge >= 0.3 is 5.97 Å². The summed E-state index contributed by atoms with van der Waals surface area (Å²) in [6.07, 6.45) is 4.33. The average molecular weight is 170 g/mol. The van der Waals surface area contributed by atoms with Crippen molar-refractivity contribution in [1.29, 1.82) is 0 Å². The van der Waals surface area contributed by atoms with Crippen molar-refractivity contribution in [3.63, 3.8) is 0 Å². The van der Waals surface area contributed by atoms with Crippen LogP contribution < -0.4 is 0 Å². The normalized spacial score (nSPS) is 24.4. The predicted molar refractivity (Wildman–Crippen MR) is 45.0 cm³/mol. The largest absolute Gasteiger partial charge is 0.478 e. The van der Waals surface area contributed by atoms with E-state index >= 15 is 0 Å². The average Bonchev–Trinajstić information content (AvgIpc) is 2.51. The lowest BCUT2D eigenvalue weighted by atomic mass is 10.1. The maximum Gasteiger partial charge on any atom is 0.331 e. The Bertz CT molecular complexity index is 190. The van der Waals surface area contributed by atoms with Gasteiger partial charge in [-0.2, -0.15) is 0 Å². The van der Waals surface area contributed by atoms with Gasteiger partial charge in [-0.1, -0.05) is 6.92 Å². The van der Waals surface area contributed by atoms with E-state index in [4.69, 9.17) is 9.84 Å². The zero-order chi connectivity index (χ0) is 8.97. The fourth-order valence-corrected chi connectivity index (χ4v) is 1.30. The summed E-state index contributed by atoms with van der Waals surface area (Å²) >= 11 is 0. The van der Waals surface area contributed by atoms with E-state index in [1.54, 1.807) is 6.08 Å². The molecule has 0 aromatic rings. The van der Waals surface area contributed by atoms with E-state index < -0.39 is 5.97 Å². The van der Waals surface area contributed by atoms with Crippen LogP contribution in [0.3, 0.4) is 0 Å². The lowest BCUT2D eigenvalue weighted by Gasteiger charge is -2.04. The number of carbonyl (C=O) groups is 1. The Labute approximate surface area is 72.0 Å². The van der Waals surface area contributed by atoms with Crippen LogP contribution in [0.15, 0.2) is 11.6 Å². The number of hydrogen-bond donors (Lipinski definition) is 1. The Morgan fingerprint density at radius 2 is 2.50 bits per heavy atom. The lowest BCUT2D eigenvalue weighted by Crippen LogP contribution is -2.06. The number of rotatable bonds is 3. The number of ether oxygens (including phenoxy) is 1. The van der Waals surface area contributed by atoms with E-state index in [-0.39, 0.29) is 6.10 Å². The third-order valence-electron chi connectivity index (χ3n) is 2.01. The van der Waals surface area contributed by atoms with Gasteiger partial charge in [0.15, 0.2) is 0 Å². The molecule has 3 nitrogen and oxygen atoms in total. The molecule has 1 unspecified atom stereocenters. The molecule has 68 valence electrons. The van der Waals surface area contributed by atoms with Crippen molar-refractivity contribution in [2.45, 2.75) is 32.3 Å². The van der Waals surface area contributed by atoms with Crippen molar-refractivity contribution >= 4 is 5.97 Å². The molecule has 1 rings (SSSR count). The highest BCUT2D eigenvalue weighted by Gasteiger charge is 2.15. The second-order valence-electron chi connectivity index (χ2n) is 2.90. The topological polar surface area (TPSA) is 46.5 Å². The minimum atomic E-state index is -0.826. The van der Waals surface area contributed by atoms with Crippen LogP contribution in [0.4, 0.5) is 0 Å². The molecular formula is C9H14O3. The molecule has 1 aliphatic heterocycles. The highest BCUT2D eigenvalue weighted by atomic mass is 16.5. The maximum absolute atomic E-state index is 10.6. The van der Waals surface area contributed by atoms with Crippen LogP contribution in [0.25, 0.3) is 0 Å². The molecule has 0 spiro atoms. The van der Waals surface area contributed by atoms with Crippen molar-refractivity contribution in [2.75, 3.05) is 6.61 Å². The highest BCUT2D eigenvalue weighted by Crippen LogP contribution is 2.15. The van der Waals surface area contributed by atoms with Gasteiger partial charge in [0.25, 0.3) is 0 Å². The van der Waals surface area contributed by atoms with Gasteiger partial charge in [0.1, 0.15) is 0 Å². The summed E-state index contributed by atoms with van der Waals surface area (Å²) in [6, 6.07) is 0. The molecule has 0 radical (unpaired) electrons. The fraction of sp³-hybridized carbons (Fsp3) is 0.667. The Kier molecular flexibility index (Phi) is 3.29. The van der Waals surface area contributed by atoms with Crippen LogP contribution in [-0.2, 0) is 9.53 Å². The van der Waals surface area contributed by atoms with Crippen molar-refractivity contribution in [3.05, 3.63) is 11.6 Å². The van der Waals surface area contributed by atoms with Crippen molar-refractivity contribution < 1.29 is 14.6 Å². The Hall–Kier alpha value is -0.830. The number of aliphatic carboxylic acids is 1. The standard InChI is InChI=1S/C9H14O3/c1-2-7(9(10)11)6-8-4-3-5-12-8/h6,8H,2-5H2,1H3,(H,10,11). The first-order chi connectivity index (χ1) is 5.74. The van der Waals surface area contributed by atoms with E-state index in [0.29, 0.717) is 12.0 Å². The van der Waals surface area contributed by atoms with Crippen LogP contribution in [0.5, 0.6) is 0 Å². The van der Waals surface area contributed by atoms with E-state index in [2.05, 4.69) is 0 Å². The van der Waals surface area contributed by atoms with E-state index in [0.717, 1.165) is 19.4 Å². The summed E-state index contributed by atoms with van der Waals surface area (Å²) in [6.45, 7) is 2.60. The van der Waals surface area contributed by atoms with Gasteiger partial charge in [0, 0.05) is 12.2 Å². The van der Waals surface area contributed by atoms with Crippen LogP contribution >= 0.6 is 0 Å². The van der Waals surface area contributed by atoms with Gasteiger partial charge in [-0.15, -0.1) is 0 Å². The predicted octanol–water partition coefficient (Wildman–Crippen LogP) is 1.59. The molecule has 0 aromatic carbocycles. The SMILES string of the molecule is CCC(=CC1CCCO1)C(=O)O. The van der Waals surface area contributed by atoms with Crippen LogP contribution in [0.2, 0.25) is 0 Å². The zero-order valence-corrected chi connectivity index (χ0v) is 7.25. The maximum atomic E-state index is 10.6. The minimum Gasteiger partial charge on any atom is -0.478 e. The summed E-state index contributed by atoms with van der Waals surface area (Å²) in [4.78, 5) is 10.6. The second-order valence-corrected chi connectivity index (χ2v) is 2.90. The molecule has 1 atom stereocenters. The first kappa shape index (κ1) is 9.26. The van der Waals surface area contributed by atoms with Gasteiger partial charge in [-0.05, 0) is 25.3 Å². The monoisotopic (exact) mass is 170 g/mol. The molecule has 0 saturated carbocycles.